The van der Waals surface area contributed by atoms with E-state index in [1.165, 1.54) is 6.07 Å². The van der Waals surface area contributed by atoms with Gasteiger partial charge in [0.2, 0.25) is 5.91 Å². The monoisotopic (exact) mass is 475 g/mol. The van der Waals surface area contributed by atoms with E-state index in [1.54, 1.807) is 32.5 Å². The number of fused-ring (bicyclic) bond motifs is 2. The highest BCUT2D eigenvalue weighted by Crippen LogP contribution is 2.39. The number of aromatic nitrogens is 1. The summed E-state index contributed by atoms with van der Waals surface area (Å²) in [5.74, 6) is 1.15. The quantitative estimate of drug-likeness (QED) is 0.551. The van der Waals surface area contributed by atoms with Crippen LogP contribution in [-0.4, -0.2) is 47.5 Å². The first-order chi connectivity index (χ1) is 17.0. The number of hydrogen-bond acceptors (Lipinski definition) is 5. The van der Waals surface area contributed by atoms with E-state index in [0.29, 0.717) is 43.1 Å². The van der Waals surface area contributed by atoms with Gasteiger partial charge in [-0.3, -0.25) is 14.7 Å². The van der Waals surface area contributed by atoms with Crippen LogP contribution in [0.4, 0.5) is 4.39 Å². The van der Waals surface area contributed by atoms with Crippen molar-refractivity contribution in [2.24, 2.45) is 0 Å². The molecule has 6 nitrogen and oxygen atoms in total. The molecule has 2 aliphatic heterocycles. The van der Waals surface area contributed by atoms with E-state index in [-0.39, 0.29) is 17.8 Å². The summed E-state index contributed by atoms with van der Waals surface area (Å²) in [6.07, 6.45) is 3.01. The molecule has 1 amide bonds. The lowest BCUT2D eigenvalue weighted by atomic mass is 9.90. The largest absolute Gasteiger partial charge is 0.493 e. The molecule has 5 rings (SSSR count). The summed E-state index contributed by atoms with van der Waals surface area (Å²) in [6, 6.07) is 14.2. The lowest BCUT2D eigenvalue weighted by Gasteiger charge is -2.42. The van der Waals surface area contributed by atoms with Gasteiger partial charge in [-0.2, -0.15) is 0 Å². The van der Waals surface area contributed by atoms with Crippen molar-refractivity contribution in [2.45, 2.75) is 44.9 Å². The first-order valence-electron chi connectivity index (χ1n) is 12.0. The van der Waals surface area contributed by atoms with Gasteiger partial charge in [0.25, 0.3) is 0 Å². The summed E-state index contributed by atoms with van der Waals surface area (Å²) in [6.45, 7) is 3.58. The van der Waals surface area contributed by atoms with Crippen molar-refractivity contribution in [3.63, 3.8) is 0 Å². The van der Waals surface area contributed by atoms with E-state index in [9.17, 15) is 9.18 Å². The van der Waals surface area contributed by atoms with Crippen molar-refractivity contribution in [1.82, 2.24) is 14.8 Å². The third-order valence-corrected chi connectivity index (χ3v) is 7.27. The minimum atomic E-state index is -0.416. The molecule has 0 saturated heterocycles. The summed E-state index contributed by atoms with van der Waals surface area (Å²) < 4.78 is 25.5. The van der Waals surface area contributed by atoms with Crippen molar-refractivity contribution in [1.29, 1.82) is 0 Å². The fourth-order valence-electron chi connectivity index (χ4n) is 5.33. The third kappa shape index (κ3) is 4.36. The fourth-order valence-corrected chi connectivity index (χ4v) is 5.33. The average molecular weight is 476 g/mol. The zero-order valence-corrected chi connectivity index (χ0v) is 20.3. The Kier molecular flexibility index (Phi) is 6.43. The van der Waals surface area contributed by atoms with Crippen LogP contribution in [0.15, 0.2) is 54.7 Å². The maximum Gasteiger partial charge on any atom is 0.240 e. The average Bonchev–Trinajstić information content (AvgIpc) is 2.88. The normalized spacial score (nSPS) is 19.6. The van der Waals surface area contributed by atoms with Gasteiger partial charge >= 0.3 is 0 Å². The standard InChI is InChI=1S/C28H30FN3O3/c1-18-22-14-27(35-3)26(34-2)13-19(22)10-12-32(18)28(33)25-15-24-21(8-6-11-30-24)17-31(25)16-20-7-4-5-9-23(20)29/h4-9,11,13-14,18,25H,10,12,15-17H2,1-3H3. The molecule has 35 heavy (non-hydrogen) atoms. The number of rotatable bonds is 5. The molecule has 0 spiro atoms. The number of carbonyl (C=O) groups is 1. The van der Waals surface area contributed by atoms with Crippen LogP contribution < -0.4 is 9.47 Å². The molecule has 1 aromatic heterocycles. The SMILES string of the molecule is COc1cc2c(cc1OC)C(C)N(C(=O)C1Cc3ncccc3CN1Cc1ccccc1F)CC2. The van der Waals surface area contributed by atoms with Crippen LogP contribution in [0, 0.1) is 5.82 Å². The van der Waals surface area contributed by atoms with Gasteiger partial charge in [-0.15, -0.1) is 0 Å². The first-order valence-corrected chi connectivity index (χ1v) is 12.0. The van der Waals surface area contributed by atoms with Gasteiger partial charge in [-0.25, -0.2) is 4.39 Å². The van der Waals surface area contributed by atoms with Crippen LogP contribution in [0.5, 0.6) is 11.5 Å². The van der Waals surface area contributed by atoms with Crippen LogP contribution in [0.25, 0.3) is 0 Å². The van der Waals surface area contributed by atoms with E-state index in [2.05, 4.69) is 16.8 Å². The van der Waals surface area contributed by atoms with E-state index in [0.717, 1.165) is 28.8 Å². The molecule has 2 aromatic carbocycles. The number of methoxy groups -OCH3 is 2. The molecule has 0 aliphatic carbocycles. The number of hydrogen-bond donors (Lipinski definition) is 0. The molecule has 0 saturated carbocycles. The molecule has 3 aromatic rings. The molecule has 0 N–H and O–H groups in total. The Hall–Kier alpha value is -3.45. The summed E-state index contributed by atoms with van der Waals surface area (Å²) in [5.41, 5.74) is 4.84. The molecule has 2 aliphatic rings. The molecule has 7 heteroatoms. The molecular weight excluding hydrogens is 445 g/mol. The zero-order chi connectivity index (χ0) is 24.5. The molecule has 182 valence electrons. The predicted molar refractivity (Wildman–Crippen MR) is 131 cm³/mol. The van der Waals surface area contributed by atoms with E-state index in [1.807, 2.05) is 35.2 Å². The van der Waals surface area contributed by atoms with E-state index < -0.39 is 6.04 Å². The molecule has 0 bridgehead atoms. The smallest absolute Gasteiger partial charge is 0.240 e. The highest BCUT2D eigenvalue weighted by molar-refractivity contribution is 5.83. The van der Waals surface area contributed by atoms with Crippen molar-refractivity contribution < 1.29 is 18.7 Å². The number of amides is 1. The highest BCUT2D eigenvalue weighted by Gasteiger charge is 2.38. The van der Waals surface area contributed by atoms with Crippen LogP contribution in [0.2, 0.25) is 0 Å². The maximum atomic E-state index is 14.5. The Balaban J connectivity index is 1.46. The topological polar surface area (TPSA) is 54.9 Å². The van der Waals surface area contributed by atoms with E-state index in [4.69, 9.17) is 9.47 Å². The van der Waals surface area contributed by atoms with Crippen LogP contribution in [0.3, 0.4) is 0 Å². The minimum absolute atomic E-state index is 0.0468. The third-order valence-electron chi connectivity index (χ3n) is 7.27. The van der Waals surface area contributed by atoms with Gasteiger partial charge < -0.3 is 14.4 Å². The second-order valence-electron chi connectivity index (χ2n) is 9.19. The predicted octanol–water partition coefficient (Wildman–Crippen LogP) is 4.31. The number of benzene rings is 2. The Morgan fingerprint density at radius 1 is 1.09 bits per heavy atom. The van der Waals surface area contributed by atoms with Gasteiger partial charge in [0.1, 0.15) is 5.82 Å². The number of ether oxygens (including phenoxy) is 2. The molecule has 0 radical (unpaired) electrons. The lowest BCUT2D eigenvalue weighted by molar-refractivity contribution is -0.140. The van der Waals surface area contributed by atoms with Gasteiger partial charge in [0.15, 0.2) is 11.5 Å². The van der Waals surface area contributed by atoms with Gasteiger partial charge in [-0.05, 0) is 54.3 Å². The van der Waals surface area contributed by atoms with Crippen molar-refractivity contribution in [3.05, 3.63) is 88.5 Å². The molecule has 2 atom stereocenters. The molecular formula is C28H30FN3O3. The summed E-state index contributed by atoms with van der Waals surface area (Å²) >= 11 is 0. The summed E-state index contributed by atoms with van der Waals surface area (Å²) in [4.78, 5) is 22.6. The molecule has 0 fully saturated rings. The first kappa shape index (κ1) is 23.3. The Bertz CT molecular complexity index is 1250. The number of halogens is 1. The summed E-state index contributed by atoms with van der Waals surface area (Å²) in [5, 5.41) is 0. The Morgan fingerprint density at radius 2 is 1.86 bits per heavy atom. The van der Waals surface area contributed by atoms with Crippen LogP contribution >= 0.6 is 0 Å². The summed E-state index contributed by atoms with van der Waals surface area (Å²) in [7, 11) is 3.25. The van der Waals surface area contributed by atoms with Crippen molar-refractivity contribution in [3.8, 4) is 11.5 Å². The number of pyridine rings is 1. The van der Waals surface area contributed by atoms with Gasteiger partial charge in [-0.1, -0.05) is 24.3 Å². The van der Waals surface area contributed by atoms with Crippen LogP contribution in [0.1, 0.15) is 40.9 Å². The second kappa shape index (κ2) is 9.66. The fraction of sp³-hybridized carbons (Fsp3) is 0.357. The minimum Gasteiger partial charge on any atom is -0.493 e. The maximum absolute atomic E-state index is 14.5. The number of nitrogens with zero attached hydrogens (tertiary/aromatic N) is 3. The second-order valence-corrected chi connectivity index (χ2v) is 9.19. The highest BCUT2D eigenvalue weighted by atomic mass is 19.1. The van der Waals surface area contributed by atoms with Crippen LogP contribution in [-0.2, 0) is 30.7 Å². The van der Waals surface area contributed by atoms with Gasteiger partial charge in [0, 0.05) is 43.5 Å². The lowest BCUT2D eigenvalue weighted by Crippen LogP contribution is -2.53. The number of carbonyl (C=O) groups excluding carboxylic acids is 1. The van der Waals surface area contributed by atoms with Crippen molar-refractivity contribution in [2.75, 3.05) is 20.8 Å². The van der Waals surface area contributed by atoms with Gasteiger partial charge in [0.05, 0.1) is 26.3 Å². The Labute approximate surface area is 205 Å². The van der Waals surface area contributed by atoms with E-state index >= 15 is 0 Å². The Morgan fingerprint density at radius 3 is 2.63 bits per heavy atom. The zero-order valence-electron chi connectivity index (χ0n) is 20.3. The van der Waals surface area contributed by atoms with Crippen molar-refractivity contribution >= 4 is 5.91 Å². The molecule has 2 unspecified atom stereocenters. The molecule has 3 heterocycles.